The van der Waals surface area contributed by atoms with E-state index in [1.54, 1.807) is 7.11 Å². The van der Waals surface area contributed by atoms with E-state index in [-0.39, 0.29) is 6.04 Å². The Morgan fingerprint density at radius 2 is 2.29 bits per heavy atom. The fraction of sp³-hybridized carbons (Fsp3) is 0.455. The second-order valence-electron chi connectivity index (χ2n) is 3.40. The van der Waals surface area contributed by atoms with E-state index in [2.05, 4.69) is 11.5 Å². The summed E-state index contributed by atoms with van der Waals surface area (Å²) in [5.41, 5.74) is 4.19. The summed E-state index contributed by atoms with van der Waals surface area (Å²) in [5, 5.41) is 0. The Labute approximate surface area is 84.0 Å². The van der Waals surface area contributed by atoms with Crippen LogP contribution in [0.1, 0.15) is 24.4 Å². The van der Waals surface area contributed by atoms with E-state index < -0.39 is 0 Å². The number of ether oxygens (including phenoxy) is 1. The number of hydroxylamine groups is 1. The molecule has 1 N–H and O–H groups in total. The molecule has 0 saturated heterocycles. The minimum Gasteiger partial charge on any atom is -0.493 e. The molecule has 2 rings (SSSR count). The molecule has 1 aliphatic rings. The lowest BCUT2D eigenvalue weighted by atomic mass is 10.0. The fourth-order valence-corrected chi connectivity index (χ4v) is 1.79. The summed E-state index contributed by atoms with van der Waals surface area (Å²) < 4.78 is 5.63. The minimum absolute atomic E-state index is 0.249. The molecule has 14 heavy (non-hydrogen) atoms. The van der Waals surface area contributed by atoms with Crippen molar-refractivity contribution in [3.05, 3.63) is 29.8 Å². The molecule has 1 heterocycles. The van der Waals surface area contributed by atoms with Crippen LogP contribution >= 0.6 is 0 Å². The van der Waals surface area contributed by atoms with Gasteiger partial charge in [0.05, 0.1) is 19.8 Å². The van der Waals surface area contributed by atoms with E-state index in [4.69, 9.17) is 9.57 Å². The lowest BCUT2D eigenvalue weighted by Crippen LogP contribution is -2.19. The summed E-state index contributed by atoms with van der Waals surface area (Å²) in [4.78, 5) is 4.99. The number of hydrogen-bond acceptors (Lipinski definition) is 3. The van der Waals surface area contributed by atoms with Gasteiger partial charge in [0.15, 0.2) is 0 Å². The Morgan fingerprint density at radius 3 is 3.14 bits per heavy atom. The molecule has 76 valence electrons. The van der Waals surface area contributed by atoms with E-state index in [0.717, 1.165) is 25.2 Å². The highest BCUT2D eigenvalue weighted by Crippen LogP contribution is 2.30. The lowest BCUT2D eigenvalue weighted by Gasteiger charge is -2.16. The molecule has 3 heteroatoms. The normalized spacial score (nSPS) is 20.8. The Morgan fingerprint density at radius 1 is 1.43 bits per heavy atom. The Bertz CT molecular complexity index is 301. The van der Waals surface area contributed by atoms with Gasteiger partial charge in [-0.3, -0.25) is 0 Å². The van der Waals surface area contributed by atoms with Crippen molar-refractivity contribution in [1.82, 2.24) is 5.48 Å². The quantitative estimate of drug-likeness (QED) is 0.729. The summed E-state index contributed by atoms with van der Waals surface area (Å²) in [5.74, 6) is 0.972. The zero-order valence-corrected chi connectivity index (χ0v) is 8.32. The van der Waals surface area contributed by atoms with Crippen LogP contribution in [-0.4, -0.2) is 13.7 Å². The van der Waals surface area contributed by atoms with Crippen molar-refractivity contribution in [3.8, 4) is 5.75 Å². The average Bonchev–Trinajstić information content (AvgIpc) is 2.42. The van der Waals surface area contributed by atoms with Gasteiger partial charge in [-0.1, -0.05) is 18.2 Å². The molecule has 0 saturated carbocycles. The first-order chi connectivity index (χ1) is 6.92. The van der Waals surface area contributed by atoms with Crippen molar-refractivity contribution in [3.63, 3.8) is 0 Å². The van der Waals surface area contributed by atoms with Crippen LogP contribution in [0.15, 0.2) is 24.3 Å². The first kappa shape index (κ1) is 9.49. The molecular formula is C11H15NO2. The van der Waals surface area contributed by atoms with Crippen molar-refractivity contribution in [1.29, 1.82) is 0 Å². The highest BCUT2D eigenvalue weighted by molar-refractivity contribution is 5.36. The van der Waals surface area contributed by atoms with Crippen molar-refractivity contribution in [2.45, 2.75) is 18.9 Å². The van der Waals surface area contributed by atoms with E-state index in [9.17, 15) is 0 Å². The third-order valence-corrected chi connectivity index (χ3v) is 2.45. The van der Waals surface area contributed by atoms with Gasteiger partial charge in [0.25, 0.3) is 0 Å². The number of para-hydroxylation sites is 1. The van der Waals surface area contributed by atoms with Crippen molar-refractivity contribution in [2.24, 2.45) is 0 Å². The van der Waals surface area contributed by atoms with Crippen molar-refractivity contribution in [2.75, 3.05) is 13.7 Å². The summed E-state index contributed by atoms with van der Waals surface area (Å²) in [6.07, 6.45) is 2.10. The lowest BCUT2D eigenvalue weighted by molar-refractivity contribution is 0.0580. The molecule has 3 nitrogen and oxygen atoms in total. The standard InChI is InChI=1S/C11H15NO2/c1-13-12-10-6-4-8-14-11-7-3-2-5-9(10)11/h2-3,5,7,10,12H,4,6,8H2,1H3. The predicted octanol–water partition coefficient (Wildman–Crippen LogP) is 2.05. The van der Waals surface area contributed by atoms with Gasteiger partial charge >= 0.3 is 0 Å². The van der Waals surface area contributed by atoms with E-state index in [0.29, 0.717) is 0 Å². The largest absolute Gasteiger partial charge is 0.493 e. The predicted molar refractivity (Wildman–Crippen MR) is 54.1 cm³/mol. The maximum atomic E-state index is 5.63. The number of nitrogens with one attached hydrogen (secondary N) is 1. The summed E-state index contributed by atoms with van der Waals surface area (Å²) in [7, 11) is 1.65. The molecule has 0 aromatic heterocycles. The Kier molecular flexibility index (Phi) is 3.01. The molecule has 0 aliphatic carbocycles. The van der Waals surface area contributed by atoms with Gasteiger partial charge in [0.1, 0.15) is 5.75 Å². The van der Waals surface area contributed by atoms with Crippen LogP contribution < -0.4 is 10.2 Å². The van der Waals surface area contributed by atoms with Crippen LogP contribution in [0.4, 0.5) is 0 Å². The first-order valence-electron chi connectivity index (χ1n) is 4.92. The van der Waals surface area contributed by atoms with Crippen LogP contribution in [0.2, 0.25) is 0 Å². The van der Waals surface area contributed by atoms with Crippen LogP contribution in [0.3, 0.4) is 0 Å². The third-order valence-electron chi connectivity index (χ3n) is 2.45. The zero-order valence-electron chi connectivity index (χ0n) is 8.32. The second-order valence-corrected chi connectivity index (χ2v) is 3.40. The molecule has 0 bridgehead atoms. The van der Waals surface area contributed by atoms with Crippen LogP contribution in [0.5, 0.6) is 5.75 Å². The van der Waals surface area contributed by atoms with Crippen molar-refractivity contribution < 1.29 is 9.57 Å². The number of hydrogen-bond donors (Lipinski definition) is 1. The van der Waals surface area contributed by atoms with Crippen LogP contribution in [0.25, 0.3) is 0 Å². The first-order valence-corrected chi connectivity index (χ1v) is 4.92. The fourth-order valence-electron chi connectivity index (χ4n) is 1.79. The van der Waals surface area contributed by atoms with Crippen molar-refractivity contribution >= 4 is 0 Å². The smallest absolute Gasteiger partial charge is 0.124 e. The number of rotatable bonds is 2. The van der Waals surface area contributed by atoms with E-state index in [1.807, 2.05) is 18.2 Å². The van der Waals surface area contributed by atoms with Gasteiger partial charge in [-0.25, -0.2) is 0 Å². The zero-order chi connectivity index (χ0) is 9.80. The molecule has 0 amide bonds. The van der Waals surface area contributed by atoms with E-state index >= 15 is 0 Å². The molecule has 0 spiro atoms. The molecule has 1 unspecified atom stereocenters. The number of benzene rings is 1. The molecule has 1 aliphatic heterocycles. The average molecular weight is 193 g/mol. The minimum atomic E-state index is 0.249. The Balaban J connectivity index is 2.27. The maximum absolute atomic E-state index is 5.63. The Hall–Kier alpha value is -1.06. The molecule has 1 aromatic rings. The molecule has 1 aromatic carbocycles. The van der Waals surface area contributed by atoms with Crippen LogP contribution in [-0.2, 0) is 4.84 Å². The van der Waals surface area contributed by atoms with Gasteiger partial charge in [-0.05, 0) is 18.9 Å². The topological polar surface area (TPSA) is 30.5 Å². The van der Waals surface area contributed by atoms with Crippen LogP contribution in [0, 0.1) is 0 Å². The van der Waals surface area contributed by atoms with Gasteiger partial charge in [-0.15, -0.1) is 0 Å². The molecule has 0 fully saturated rings. The summed E-state index contributed by atoms with van der Waals surface area (Å²) in [6, 6.07) is 8.35. The van der Waals surface area contributed by atoms with Gasteiger partial charge in [0.2, 0.25) is 0 Å². The maximum Gasteiger partial charge on any atom is 0.124 e. The van der Waals surface area contributed by atoms with Gasteiger partial charge < -0.3 is 9.57 Å². The molecular weight excluding hydrogens is 178 g/mol. The van der Waals surface area contributed by atoms with Gasteiger partial charge in [0, 0.05) is 5.56 Å². The summed E-state index contributed by atoms with van der Waals surface area (Å²) >= 11 is 0. The highest BCUT2D eigenvalue weighted by Gasteiger charge is 2.18. The SMILES string of the molecule is CONC1CCCOc2ccccc21. The van der Waals surface area contributed by atoms with E-state index in [1.165, 1.54) is 5.56 Å². The number of fused-ring (bicyclic) bond motifs is 1. The monoisotopic (exact) mass is 193 g/mol. The summed E-state index contributed by atoms with van der Waals surface area (Å²) in [6.45, 7) is 0.791. The molecule has 0 radical (unpaired) electrons. The second kappa shape index (κ2) is 4.44. The molecule has 1 atom stereocenters. The third kappa shape index (κ3) is 1.89. The van der Waals surface area contributed by atoms with Gasteiger partial charge in [-0.2, -0.15) is 5.48 Å². The highest BCUT2D eigenvalue weighted by atomic mass is 16.6.